The Hall–Kier alpha value is -1.72. The molecule has 2 heterocycles. The van der Waals surface area contributed by atoms with Crippen LogP contribution >= 0.6 is 0 Å². The number of hydrogen-bond donors (Lipinski definition) is 0. The molecule has 5 heteroatoms. The minimum Gasteiger partial charge on any atom is -0.497 e. The van der Waals surface area contributed by atoms with Gasteiger partial charge in [-0.15, -0.1) is 0 Å². The van der Waals surface area contributed by atoms with Gasteiger partial charge in [0.25, 0.3) is 0 Å². The number of rotatable bonds is 5. The van der Waals surface area contributed by atoms with Gasteiger partial charge in [0.15, 0.2) is 17.6 Å². The second-order valence-electron chi connectivity index (χ2n) is 9.12. The molecule has 2 aliphatic heterocycles. The molecule has 28 heavy (non-hydrogen) atoms. The van der Waals surface area contributed by atoms with E-state index in [4.69, 9.17) is 18.9 Å². The van der Waals surface area contributed by atoms with E-state index in [1.165, 1.54) is 30.5 Å². The van der Waals surface area contributed by atoms with Crippen LogP contribution in [-0.4, -0.2) is 57.1 Å². The Morgan fingerprint density at radius 1 is 1.18 bits per heavy atom. The van der Waals surface area contributed by atoms with E-state index in [0.717, 1.165) is 49.0 Å². The molecular weight excluding hydrogens is 354 g/mol. The van der Waals surface area contributed by atoms with E-state index in [2.05, 4.69) is 23.1 Å². The number of ether oxygens (including phenoxy) is 4. The maximum atomic E-state index is 6.64. The fourth-order valence-corrected chi connectivity index (χ4v) is 6.78. The highest BCUT2D eigenvalue weighted by molar-refractivity contribution is 5.64. The summed E-state index contributed by atoms with van der Waals surface area (Å²) in [5, 5.41) is 0. The largest absolute Gasteiger partial charge is 0.497 e. The van der Waals surface area contributed by atoms with Crippen molar-refractivity contribution in [3.05, 3.63) is 35.1 Å². The van der Waals surface area contributed by atoms with Crippen LogP contribution in [-0.2, 0) is 21.3 Å². The summed E-state index contributed by atoms with van der Waals surface area (Å²) in [6, 6.07) is 4.70. The molecule has 0 radical (unpaired) electrons. The molecule has 0 unspecified atom stereocenters. The van der Waals surface area contributed by atoms with Crippen molar-refractivity contribution in [2.75, 3.05) is 34.4 Å². The minimum atomic E-state index is -0.280. The Balaban J connectivity index is 1.59. The second kappa shape index (κ2) is 5.67. The SMILES string of the molecule is COC1=CC[C@@]2(OC)[C@H]3Cc4ccc(OC)c5c4[C@@]2(CCN3CC2CC2)[C@H]1O5. The standard InChI is InChI=1S/C23H29NO4/c1-25-16-7-6-15-12-18-23(27-3)9-8-17(26-2)21-22(23,19(15)20(16)28-21)10-11-24(18)13-14-4-5-14/h6-8,14,18,21H,4-5,9-13H2,1-3H3/t18-,21+,22+,23-/m1/s1. The summed E-state index contributed by atoms with van der Waals surface area (Å²) in [5.74, 6) is 3.54. The van der Waals surface area contributed by atoms with Crippen molar-refractivity contribution in [3.8, 4) is 11.5 Å². The van der Waals surface area contributed by atoms with Gasteiger partial charge in [0.05, 0.1) is 19.6 Å². The molecule has 2 fully saturated rings. The predicted octanol–water partition coefficient (Wildman–Crippen LogP) is 3.05. The first-order chi connectivity index (χ1) is 13.7. The fourth-order valence-electron chi connectivity index (χ4n) is 6.78. The van der Waals surface area contributed by atoms with Gasteiger partial charge in [-0.05, 0) is 55.9 Å². The Morgan fingerprint density at radius 2 is 2.04 bits per heavy atom. The molecule has 0 N–H and O–H groups in total. The van der Waals surface area contributed by atoms with Crippen molar-refractivity contribution in [2.45, 2.75) is 55.3 Å². The number of nitrogens with zero attached hydrogens (tertiary/aromatic N) is 1. The summed E-state index contributed by atoms with van der Waals surface area (Å²) in [5.41, 5.74) is 2.24. The van der Waals surface area contributed by atoms with E-state index in [1.54, 1.807) is 14.2 Å². The van der Waals surface area contributed by atoms with E-state index < -0.39 is 0 Å². The van der Waals surface area contributed by atoms with Gasteiger partial charge in [0.1, 0.15) is 11.4 Å². The van der Waals surface area contributed by atoms with Gasteiger partial charge in [-0.1, -0.05) is 6.07 Å². The molecule has 1 spiro atoms. The summed E-state index contributed by atoms with van der Waals surface area (Å²) in [6.45, 7) is 2.30. The third-order valence-electron chi connectivity index (χ3n) is 8.15. The van der Waals surface area contributed by atoms with Gasteiger partial charge in [-0.2, -0.15) is 0 Å². The zero-order chi connectivity index (χ0) is 19.1. The molecule has 1 aromatic rings. The summed E-state index contributed by atoms with van der Waals surface area (Å²) in [7, 11) is 5.39. The average molecular weight is 383 g/mol. The molecule has 0 amide bonds. The third kappa shape index (κ3) is 1.85. The van der Waals surface area contributed by atoms with Crippen molar-refractivity contribution < 1.29 is 18.9 Å². The van der Waals surface area contributed by atoms with E-state index in [0.29, 0.717) is 6.04 Å². The van der Waals surface area contributed by atoms with Gasteiger partial charge >= 0.3 is 0 Å². The lowest BCUT2D eigenvalue weighted by Crippen LogP contribution is -2.75. The zero-order valence-electron chi connectivity index (χ0n) is 17.0. The van der Waals surface area contributed by atoms with Gasteiger partial charge < -0.3 is 18.9 Å². The van der Waals surface area contributed by atoms with E-state index in [1.807, 2.05) is 7.11 Å². The van der Waals surface area contributed by atoms with Crippen molar-refractivity contribution in [1.82, 2.24) is 4.90 Å². The van der Waals surface area contributed by atoms with Gasteiger partial charge in [0.2, 0.25) is 0 Å². The molecule has 1 saturated carbocycles. The first-order valence-electron chi connectivity index (χ1n) is 10.6. The lowest BCUT2D eigenvalue weighted by molar-refractivity contribution is -0.187. The van der Waals surface area contributed by atoms with E-state index in [9.17, 15) is 0 Å². The van der Waals surface area contributed by atoms with Crippen molar-refractivity contribution in [3.63, 3.8) is 0 Å². The first-order valence-corrected chi connectivity index (χ1v) is 10.6. The average Bonchev–Trinajstić information content (AvgIpc) is 3.47. The van der Waals surface area contributed by atoms with Gasteiger partial charge in [-0.3, -0.25) is 4.90 Å². The van der Waals surface area contributed by atoms with Crippen molar-refractivity contribution in [2.24, 2.45) is 5.92 Å². The highest BCUT2D eigenvalue weighted by Gasteiger charge is 2.73. The number of methoxy groups -OCH3 is 3. The van der Waals surface area contributed by atoms with Crippen LogP contribution in [0.4, 0.5) is 0 Å². The normalized spacial score (nSPS) is 37.8. The summed E-state index contributed by atoms with van der Waals surface area (Å²) >= 11 is 0. The molecular formula is C23H29NO4. The highest BCUT2D eigenvalue weighted by atomic mass is 16.6. The molecule has 4 atom stereocenters. The molecule has 6 rings (SSSR count). The molecule has 150 valence electrons. The van der Waals surface area contributed by atoms with Crippen LogP contribution in [0.2, 0.25) is 0 Å². The third-order valence-corrected chi connectivity index (χ3v) is 8.15. The number of likely N-dealkylation sites (tertiary alicyclic amines) is 1. The summed E-state index contributed by atoms with van der Waals surface area (Å²) < 4.78 is 24.7. The van der Waals surface area contributed by atoms with Crippen LogP contribution < -0.4 is 9.47 Å². The lowest BCUT2D eigenvalue weighted by atomic mass is 9.50. The monoisotopic (exact) mass is 383 g/mol. The molecule has 5 nitrogen and oxygen atoms in total. The number of benzene rings is 1. The quantitative estimate of drug-likeness (QED) is 0.782. The highest BCUT2D eigenvalue weighted by Crippen LogP contribution is 2.66. The van der Waals surface area contributed by atoms with Gasteiger partial charge in [0, 0.05) is 31.7 Å². The summed E-state index contributed by atoms with van der Waals surface area (Å²) in [4.78, 5) is 2.72. The predicted molar refractivity (Wildman–Crippen MR) is 105 cm³/mol. The molecule has 1 aromatic carbocycles. The smallest absolute Gasteiger partial charge is 0.168 e. The first kappa shape index (κ1) is 17.2. The Kier molecular flexibility index (Phi) is 3.47. The van der Waals surface area contributed by atoms with Crippen LogP contribution in [0.15, 0.2) is 24.0 Å². The topological polar surface area (TPSA) is 40.2 Å². The lowest BCUT2D eigenvalue weighted by Gasteiger charge is -2.63. The molecule has 2 bridgehead atoms. The van der Waals surface area contributed by atoms with Crippen LogP contribution in [0, 0.1) is 5.92 Å². The van der Waals surface area contributed by atoms with Gasteiger partial charge in [-0.25, -0.2) is 0 Å². The molecule has 1 saturated heterocycles. The Bertz CT molecular complexity index is 862. The molecule has 3 aliphatic carbocycles. The van der Waals surface area contributed by atoms with Crippen LogP contribution in [0.5, 0.6) is 11.5 Å². The van der Waals surface area contributed by atoms with Crippen LogP contribution in [0.25, 0.3) is 0 Å². The van der Waals surface area contributed by atoms with Crippen LogP contribution in [0.3, 0.4) is 0 Å². The summed E-state index contributed by atoms with van der Waals surface area (Å²) in [6.07, 6.45) is 7.75. The Labute approximate surface area is 166 Å². The van der Waals surface area contributed by atoms with Crippen LogP contribution in [0.1, 0.15) is 36.8 Å². The second-order valence-corrected chi connectivity index (χ2v) is 9.12. The maximum absolute atomic E-state index is 6.64. The number of hydrogen-bond acceptors (Lipinski definition) is 5. The molecule has 0 aromatic heterocycles. The maximum Gasteiger partial charge on any atom is 0.168 e. The minimum absolute atomic E-state index is 0.137. The van der Waals surface area contributed by atoms with Crippen molar-refractivity contribution >= 4 is 0 Å². The zero-order valence-corrected chi connectivity index (χ0v) is 17.0. The van der Waals surface area contributed by atoms with Crippen molar-refractivity contribution in [1.29, 1.82) is 0 Å². The number of piperidine rings is 1. The van der Waals surface area contributed by atoms with E-state index >= 15 is 0 Å². The van der Waals surface area contributed by atoms with E-state index in [-0.39, 0.29) is 17.1 Å². The Morgan fingerprint density at radius 3 is 2.75 bits per heavy atom. The molecule has 5 aliphatic rings. The fraction of sp³-hybridized carbons (Fsp3) is 0.652.